The average Bonchev–Trinajstić information content (AvgIpc) is 2.68. The third-order valence-electron chi connectivity index (χ3n) is 4.31. The van der Waals surface area contributed by atoms with Crippen molar-refractivity contribution >= 4 is 15.7 Å². The highest BCUT2D eigenvalue weighted by Crippen LogP contribution is 2.28. The molecule has 0 saturated carbocycles. The van der Waals surface area contributed by atoms with Gasteiger partial charge in [-0.1, -0.05) is 24.3 Å². The number of benzene rings is 3. The molecule has 0 atom stereocenters. The molecule has 0 aliphatic rings. The van der Waals surface area contributed by atoms with E-state index in [1.165, 1.54) is 37.4 Å². The van der Waals surface area contributed by atoms with Crippen molar-refractivity contribution in [1.29, 1.82) is 0 Å². The lowest BCUT2D eigenvalue weighted by molar-refractivity contribution is 0.414. The zero-order chi connectivity index (χ0) is 20.3. The Balaban J connectivity index is 2.08. The number of hydrogen-bond donors (Lipinski definition) is 0. The van der Waals surface area contributed by atoms with Crippen LogP contribution in [-0.2, 0) is 16.6 Å². The van der Waals surface area contributed by atoms with Crippen molar-refractivity contribution < 1.29 is 21.9 Å². The molecule has 3 rings (SSSR count). The highest BCUT2D eigenvalue weighted by Gasteiger charge is 2.26. The van der Waals surface area contributed by atoms with Crippen LogP contribution in [0.4, 0.5) is 14.5 Å². The number of nitrogens with zero attached hydrogens (tertiary/aromatic N) is 1. The molecule has 146 valence electrons. The van der Waals surface area contributed by atoms with Crippen molar-refractivity contribution in [2.75, 3.05) is 11.4 Å². The molecule has 0 bridgehead atoms. The van der Waals surface area contributed by atoms with Crippen molar-refractivity contribution in [2.24, 2.45) is 0 Å². The van der Waals surface area contributed by atoms with E-state index in [4.69, 9.17) is 4.74 Å². The maximum Gasteiger partial charge on any atom is 0.264 e. The number of methoxy groups -OCH3 is 1. The summed E-state index contributed by atoms with van der Waals surface area (Å²) in [6.45, 7) is 1.54. The van der Waals surface area contributed by atoms with Crippen molar-refractivity contribution in [3.63, 3.8) is 0 Å². The van der Waals surface area contributed by atoms with Crippen LogP contribution in [0.2, 0.25) is 0 Å². The molecule has 0 saturated heterocycles. The van der Waals surface area contributed by atoms with Crippen LogP contribution < -0.4 is 9.04 Å². The van der Waals surface area contributed by atoms with E-state index < -0.39 is 21.7 Å². The quantitative estimate of drug-likeness (QED) is 0.601. The average molecular weight is 403 g/mol. The smallest absolute Gasteiger partial charge is 0.264 e. The number of anilines is 1. The van der Waals surface area contributed by atoms with E-state index in [1.807, 2.05) is 0 Å². The van der Waals surface area contributed by atoms with Gasteiger partial charge in [-0.3, -0.25) is 4.31 Å². The van der Waals surface area contributed by atoms with Gasteiger partial charge in [0.25, 0.3) is 10.0 Å². The molecule has 0 aliphatic carbocycles. The van der Waals surface area contributed by atoms with Crippen LogP contribution in [0, 0.1) is 18.6 Å². The fraction of sp³-hybridized carbons (Fsp3) is 0.143. The highest BCUT2D eigenvalue weighted by molar-refractivity contribution is 7.92. The van der Waals surface area contributed by atoms with Gasteiger partial charge in [-0.2, -0.15) is 0 Å². The third kappa shape index (κ3) is 4.14. The highest BCUT2D eigenvalue weighted by atomic mass is 32.2. The predicted molar refractivity (Wildman–Crippen MR) is 104 cm³/mol. The van der Waals surface area contributed by atoms with E-state index in [0.29, 0.717) is 16.9 Å². The molecule has 3 aromatic carbocycles. The minimum Gasteiger partial charge on any atom is -0.497 e. The lowest BCUT2D eigenvalue weighted by atomic mass is 10.2. The number of halogens is 2. The molecule has 0 aliphatic heterocycles. The largest absolute Gasteiger partial charge is 0.497 e. The summed E-state index contributed by atoms with van der Waals surface area (Å²) in [4.78, 5) is -0.206. The van der Waals surface area contributed by atoms with Crippen LogP contribution in [0.5, 0.6) is 5.75 Å². The Morgan fingerprint density at radius 2 is 1.68 bits per heavy atom. The molecule has 0 spiro atoms. The molecule has 4 nitrogen and oxygen atoms in total. The molecule has 7 heteroatoms. The second kappa shape index (κ2) is 7.98. The standard InChI is InChI=1S/C21H19F2NO3S/c1-15-6-9-18(13-21(15)23)24(14-16-7-10-19(27-2)11-8-16)28(25,26)20-5-3-4-17(22)12-20/h3-13H,14H2,1-2H3. The fourth-order valence-electron chi connectivity index (χ4n) is 2.70. The Hall–Kier alpha value is -2.93. The Morgan fingerprint density at radius 1 is 0.964 bits per heavy atom. The number of aryl methyl sites for hydroxylation is 1. The first kappa shape index (κ1) is 19.8. The monoisotopic (exact) mass is 403 g/mol. The van der Waals surface area contributed by atoms with E-state index in [0.717, 1.165) is 16.4 Å². The summed E-state index contributed by atoms with van der Waals surface area (Å²) in [5.74, 6) is -0.558. The summed E-state index contributed by atoms with van der Waals surface area (Å²) < 4.78 is 60.4. The second-order valence-electron chi connectivity index (χ2n) is 6.25. The molecule has 0 amide bonds. The lowest BCUT2D eigenvalue weighted by Gasteiger charge is -2.25. The summed E-state index contributed by atoms with van der Waals surface area (Å²) in [7, 11) is -2.59. The maximum absolute atomic E-state index is 14.1. The summed E-state index contributed by atoms with van der Waals surface area (Å²) in [5, 5.41) is 0. The summed E-state index contributed by atoms with van der Waals surface area (Å²) in [6.07, 6.45) is 0. The summed E-state index contributed by atoms with van der Waals surface area (Å²) >= 11 is 0. The van der Waals surface area contributed by atoms with Crippen molar-refractivity contribution in [3.05, 3.63) is 89.5 Å². The van der Waals surface area contributed by atoms with Gasteiger partial charge in [0.1, 0.15) is 17.4 Å². The molecule has 0 radical (unpaired) electrons. The van der Waals surface area contributed by atoms with Crippen LogP contribution in [-0.4, -0.2) is 15.5 Å². The third-order valence-corrected chi connectivity index (χ3v) is 6.08. The lowest BCUT2D eigenvalue weighted by Crippen LogP contribution is -2.30. The zero-order valence-electron chi connectivity index (χ0n) is 15.4. The molecule has 3 aromatic rings. The van der Waals surface area contributed by atoms with Gasteiger partial charge >= 0.3 is 0 Å². The van der Waals surface area contributed by atoms with Crippen LogP contribution in [0.3, 0.4) is 0 Å². The number of sulfonamides is 1. The molecule has 28 heavy (non-hydrogen) atoms. The van der Waals surface area contributed by atoms with Gasteiger partial charge in [-0.25, -0.2) is 17.2 Å². The van der Waals surface area contributed by atoms with Crippen molar-refractivity contribution in [3.8, 4) is 5.75 Å². The molecular formula is C21H19F2NO3S. The first-order chi connectivity index (χ1) is 13.3. The van der Waals surface area contributed by atoms with E-state index in [2.05, 4.69) is 0 Å². The van der Waals surface area contributed by atoms with E-state index in [9.17, 15) is 17.2 Å². The Morgan fingerprint density at radius 3 is 2.29 bits per heavy atom. The minimum absolute atomic E-state index is 0.0503. The van der Waals surface area contributed by atoms with Gasteiger partial charge in [-0.15, -0.1) is 0 Å². The Kier molecular flexibility index (Phi) is 5.65. The van der Waals surface area contributed by atoms with Crippen LogP contribution >= 0.6 is 0 Å². The van der Waals surface area contributed by atoms with Crippen LogP contribution in [0.25, 0.3) is 0 Å². The van der Waals surface area contributed by atoms with E-state index in [1.54, 1.807) is 31.2 Å². The zero-order valence-corrected chi connectivity index (χ0v) is 16.2. The summed E-state index contributed by atoms with van der Waals surface area (Å²) in [6, 6.07) is 15.8. The van der Waals surface area contributed by atoms with Gasteiger partial charge in [-0.05, 0) is 60.5 Å². The first-order valence-corrected chi connectivity index (χ1v) is 9.92. The molecule has 0 fully saturated rings. The molecule has 0 unspecified atom stereocenters. The fourth-order valence-corrected chi connectivity index (χ4v) is 4.18. The van der Waals surface area contributed by atoms with Gasteiger partial charge in [0.15, 0.2) is 0 Å². The first-order valence-electron chi connectivity index (χ1n) is 8.48. The SMILES string of the molecule is COc1ccc(CN(c2ccc(C)c(F)c2)S(=O)(=O)c2cccc(F)c2)cc1. The van der Waals surface area contributed by atoms with E-state index in [-0.39, 0.29) is 17.1 Å². The Labute approximate surface area is 163 Å². The topological polar surface area (TPSA) is 46.6 Å². The van der Waals surface area contributed by atoms with Gasteiger partial charge in [0, 0.05) is 0 Å². The van der Waals surface area contributed by atoms with Gasteiger partial charge in [0.2, 0.25) is 0 Å². The molecule has 0 N–H and O–H groups in total. The molecular weight excluding hydrogens is 384 g/mol. The van der Waals surface area contributed by atoms with Gasteiger partial charge in [0.05, 0.1) is 24.2 Å². The number of hydrogen-bond acceptors (Lipinski definition) is 3. The van der Waals surface area contributed by atoms with Crippen LogP contribution in [0.15, 0.2) is 71.6 Å². The number of rotatable bonds is 6. The van der Waals surface area contributed by atoms with Crippen LogP contribution in [0.1, 0.15) is 11.1 Å². The normalized spacial score (nSPS) is 11.3. The van der Waals surface area contributed by atoms with E-state index >= 15 is 0 Å². The molecule has 0 heterocycles. The number of ether oxygens (including phenoxy) is 1. The Bertz CT molecular complexity index is 1080. The minimum atomic E-state index is -4.12. The van der Waals surface area contributed by atoms with Crippen molar-refractivity contribution in [2.45, 2.75) is 18.4 Å². The van der Waals surface area contributed by atoms with Crippen molar-refractivity contribution in [1.82, 2.24) is 0 Å². The van der Waals surface area contributed by atoms with Gasteiger partial charge < -0.3 is 4.74 Å². The molecule has 0 aromatic heterocycles. The summed E-state index contributed by atoms with van der Waals surface area (Å²) in [5.41, 5.74) is 1.22. The maximum atomic E-state index is 14.1. The predicted octanol–water partition coefficient (Wildman–Crippen LogP) is 4.68. The second-order valence-corrected chi connectivity index (χ2v) is 8.11.